The summed E-state index contributed by atoms with van der Waals surface area (Å²) in [7, 11) is -3.19. The van der Waals surface area contributed by atoms with Crippen molar-refractivity contribution in [2.45, 2.75) is 11.9 Å². The van der Waals surface area contributed by atoms with Crippen molar-refractivity contribution in [1.29, 1.82) is 0 Å². The normalized spacial score (nSPS) is 11.8. The van der Waals surface area contributed by atoms with Crippen molar-refractivity contribution in [3.8, 4) is 0 Å². The van der Waals surface area contributed by atoms with E-state index in [-0.39, 0.29) is 17.0 Å². The first-order valence-electron chi connectivity index (χ1n) is 7.05. The van der Waals surface area contributed by atoms with Crippen LogP contribution in [0, 0.1) is 0 Å². The van der Waals surface area contributed by atoms with Gasteiger partial charge in [-0.2, -0.15) is 13.2 Å². The quantitative estimate of drug-likeness (QED) is 0.792. The fourth-order valence-corrected chi connectivity index (χ4v) is 2.89. The highest BCUT2D eigenvalue weighted by atomic mass is 32.2. The lowest BCUT2D eigenvalue weighted by molar-refractivity contribution is -0.137. The number of hydrazine groups is 1. The summed E-state index contributed by atoms with van der Waals surface area (Å²) in [6.07, 6.45) is -3.46. The summed E-state index contributed by atoms with van der Waals surface area (Å²) in [4.78, 5) is 12.0. The molecule has 0 aliphatic rings. The van der Waals surface area contributed by atoms with Gasteiger partial charge in [0.25, 0.3) is 5.91 Å². The molecule has 0 saturated carbocycles. The molecule has 134 valence electrons. The van der Waals surface area contributed by atoms with Crippen molar-refractivity contribution < 1.29 is 26.4 Å². The van der Waals surface area contributed by atoms with Crippen molar-refractivity contribution in [3.05, 3.63) is 65.2 Å². The number of sulfone groups is 1. The molecule has 9 heteroatoms. The zero-order chi connectivity index (χ0) is 18.7. The fraction of sp³-hybridized carbons (Fsp3) is 0.188. The number of amides is 1. The highest BCUT2D eigenvalue weighted by molar-refractivity contribution is 7.89. The number of halogens is 3. The van der Waals surface area contributed by atoms with E-state index < -0.39 is 27.5 Å². The number of hydrogen-bond donors (Lipinski definition) is 2. The molecule has 2 N–H and O–H groups in total. The van der Waals surface area contributed by atoms with Crippen molar-refractivity contribution in [1.82, 2.24) is 5.43 Å². The Morgan fingerprint density at radius 1 is 1.04 bits per heavy atom. The predicted octanol–water partition coefficient (Wildman–Crippen LogP) is 3.01. The standard InChI is InChI=1S/C16H15F3N2O3S/c1-25(23,24)10-11-6-8-12(9-7-11)15(22)21-20-14-5-3-2-4-13(14)16(17,18)19/h2-9,20H,10H2,1H3,(H,21,22). The van der Waals surface area contributed by atoms with E-state index in [1.165, 1.54) is 42.5 Å². The van der Waals surface area contributed by atoms with Crippen LogP contribution in [0.3, 0.4) is 0 Å². The van der Waals surface area contributed by atoms with E-state index in [2.05, 4.69) is 10.9 Å². The molecule has 0 atom stereocenters. The lowest BCUT2D eigenvalue weighted by atomic mass is 10.1. The van der Waals surface area contributed by atoms with Crippen LogP contribution < -0.4 is 10.9 Å². The summed E-state index contributed by atoms with van der Waals surface area (Å²) in [5.41, 5.74) is 3.94. The zero-order valence-corrected chi connectivity index (χ0v) is 13.9. The summed E-state index contributed by atoms with van der Waals surface area (Å²) in [6.45, 7) is 0. The molecule has 0 aliphatic heterocycles. The van der Waals surface area contributed by atoms with E-state index in [1.807, 2.05) is 0 Å². The van der Waals surface area contributed by atoms with Gasteiger partial charge in [0.1, 0.15) is 0 Å². The molecule has 0 saturated heterocycles. The molecule has 1 amide bonds. The molecule has 2 aromatic rings. The number of carbonyl (C=O) groups excluding carboxylic acids is 1. The first kappa shape index (κ1) is 18.8. The maximum atomic E-state index is 12.9. The Hall–Kier alpha value is -2.55. The summed E-state index contributed by atoms with van der Waals surface area (Å²) >= 11 is 0. The molecule has 2 aromatic carbocycles. The Kier molecular flexibility index (Phi) is 5.36. The third-order valence-electron chi connectivity index (χ3n) is 3.19. The van der Waals surface area contributed by atoms with Gasteiger partial charge in [0, 0.05) is 11.8 Å². The van der Waals surface area contributed by atoms with Gasteiger partial charge in [-0.05, 0) is 29.8 Å². The van der Waals surface area contributed by atoms with E-state index >= 15 is 0 Å². The van der Waals surface area contributed by atoms with Crippen LogP contribution in [-0.2, 0) is 21.8 Å². The van der Waals surface area contributed by atoms with Gasteiger partial charge in [0.05, 0.1) is 17.0 Å². The molecule has 0 unspecified atom stereocenters. The smallest absolute Gasteiger partial charge is 0.298 e. The van der Waals surface area contributed by atoms with Crippen LogP contribution in [0.15, 0.2) is 48.5 Å². The van der Waals surface area contributed by atoms with Crippen LogP contribution in [0.4, 0.5) is 18.9 Å². The second kappa shape index (κ2) is 7.14. The summed E-state index contributed by atoms with van der Waals surface area (Å²) in [6, 6.07) is 10.5. The maximum Gasteiger partial charge on any atom is 0.418 e. The number of carbonyl (C=O) groups is 1. The minimum absolute atomic E-state index is 0.161. The van der Waals surface area contributed by atoms with E-state index in [0.717, 1.165) is 12.3 Å². The largest absolute Gasteiger partial charge is 0.418 e. The molecule has 5 nitrogen and oxygen atoms in total. The van der Waals surface area contributed by atoms with Crippen molar-refractivity contribution in [2.24, 2.45) is 0 Å². The average molecular weight is 372 g/mol. The number of rotatable bonds is 5. The topological polar surface area (TPSA) is 75.3 Å². The number of anilines is 1. The second-order valence-electron chi connectivity index (χ2n) is 5.39. The SMILES string of the molecule is CS(=O)(=O)Cc1ccc(C(=O)NNc2ccccc2C(F)(F)F)cc1. The van der Waals surface area contributed by atoms with Gasteiger partial charge < -0.3 is 0 Å². The van der Waals surface area contributed by atoms with Gasteiger partial charge in [0.2, 0.25) is 0 Å². The van der Waals surface area contributed by atoms with E-state index in [1.54, 1.807) is 0 Å². The molecule has 0 heterocycles. The highest BCUT2D eigenvalue weighted by Gasteiger charge is 2.33. The third-order valence-corrected chi connectivity index (χ3v) is 4.05. The Bertz CT molecular complexity index is 863. The minimum atomic E-state index is -4.55. The van der Waals surface area contributed by atoms with Crippen LogP contribution >= 0.6 is 0 Å². The fourth-order valence-electron chi connectivity index (χ4n) is 2.09. The number of alkyl halides is 3. The number of para-hydroxylation sites is 1. The first-order valence-corrected chi connectivity index (χ1v) is 9.11. The molecule has 2 rings (SSSR count). The average Bonchev–Trinajstić information content (AvgIpc) is 2.51. The molecule has 0 aliphatic carbocycles. The van der Waals surface area contributed by atoms with Gasteiger partial charge in [-0.15, -0.1) is 0 Å². The van der Waals surface area contributed by atoms with Crippen LogP contribution in [-0.4, -0.2) is 20.6 Å². The molecule has 0 bridgehead atoms. The van der Waals surface area contributed by atoms with E-state index in [9.17, 15) is 26.4 Å². The number of benzene rings is 2. The molecule has 25 heavy (non-hydrogen) atoms. The van der Waals surface area contributed by atoms with E-state index in [4.69, 9.17) is 0 Å². The molecular weight excluding hydrogens is 357 g/mol. The van der Waals surface area contributed by atoms with E-state index in [0.29, 0.717) is 5.56 Å². The molecule has 0 radical (unpaired) electrons. The summed E-state index contributed by atoms with van der Waals surface area (Å²) in [5, 5.41) is 0. The first-order chi connectivity index (χ1) is 11.6. The van der Waals surface area contributed by atoms with Gasteiger partial charge in [-0.1, -0.05) is 24.3 Å². The lowest BCUT2D eigenvalue weighted by Gasteiger charge is -2.15. The Morgan fingerprint density at radius 3 is 2.20 bits per heavy atom. The predicted molar refractivity (Wildman–Crippen MR) is 87.5 cm³/mol. The van der Waals surface area contributed by atoms with Crippen LogP contribution in [0.25, 0.3) is 0 Å². The summed E-state index contributed by atoms with van der Waals surface area (Å²) < 4.78 is 61.0. The highest BCUT2D eigenvalue weighted by Crippen LogP contribution is 2.34. The minimum Gasteiger partial charge on any atom is -0.298 e. The molecular formula is C16H15F3N2O3S. The molecule has 0 spiro atoms. The number of nitrogens with one attached hydrogen (secondary N) is 2. The Morgan fingerprint density at radius 2 is 1.64 bits per heavy atom. The monoisotopic (exact) mass is 372 g/mol. The van der Waals surface area contributed by atoms with Crippen molar-refractivity contribution in [2.75, 3.05) is 11.7 Å². The summed E-state index contributed by atoms with van der Waals surface area (Å²) in [5.74, 6) is -0.811. The van der Waals surface area contributed by atoms with Crippen molar-refractivity contribution in [3.63, 3.8) is 0 Å². The lowest BCUT2D eigenvalue weighted by Crippen LogP contribution is -2.30. The molecule has 0 fully saturated rings. The molecule has 0 aromatic heterocycles. The van der Waals surface area contributed by atoms with Gasteiger partial charge in [-0.3, -0.25) is 15.6 Å². The Labute approximate surface area is 142 Å². The third kappa shape index (κ3) is 5.49. The zero-order valence-electron chi connectivity index (χ0n) is 13.1. The van der Waals surface area contributed by atoms with Crippen LogP contribution in [0.2, 0.25) is 0 Å². The number of hydrogen-bond acceptors (Lipinski definition) is 4. The van der Waals surface area contributed by atoms with Gasteiger partial charge >= 0.3 is 6.18 Å². The van der Waals surface area contributed by atoms with Crippen LogP contribution in [0.1, 0.15) is 21.5 Å². The maximum absolute atomic E-state index is 12.9. The van der Waals surface area contributed by atoms with Crippen LogP contribution in [0.5, 0.6) is 0 Å². The second-order valence-corrected chi connectivity index (χ2v) is 7.53. The van der Waals surface area contributed by atoms with Gasteiger partial charge in [-0.25, -0.2) is 8.42 Å². The van der Waals surface area contributed by atoms with Crippen molar-refractivity contribution >= 4 is 21.4 Å². The van der Waals surface area contributed by atoms with Gasteiger partial charge in [0.15, 0.2) is 9.84 Å². The Balaban J connectivity index is 2.06.